The number of methoxy groups -OCH3 is 1. The van der Waals surface area contributed by atoms with Crippen LogP contribution in [0.25, 0.3) is 10.2 Å². The van der Waals surface area contributed by atoms with E-state index in [2.05, 4.69) is 6.07 Å². The normalized spacial score (nSPS) is 12.5. The highest BCUT2D eigenvalue weighted by atomic mass is 32.2. The number of benzene rings is 1. The molecule has 2 heterocycles. The summed E-state index contributed by atoms with van der Waals surface area (Å²) in [5.74, 6) is 0.0479. The topological polar surface area (TPSA) is 61.2 Å². The van der Waals surface area contributed by atoms with Gasteiger partial charge >= 0.3 is 0 Å². The zero-order chi connectivity index (χ0) is 22.2. The zero-order valence-corrected chi connectivity index (χ0v) is 20.2. The van der Waals surface area contributed by atoms with Crippen molar-refractivity contribution >= 4 is 39.1 Å². The van der Waals surface area contributed by atoms with Crippen molar-refractivity contribution in [3.63, 3.8) is 0 Å². The van der Waals surface area contributed by atoms with Gasteiger partial charge < -0.3 is 4.74 Å². The lowest BCUT2D eigenvalue weighted by Gasteiger charge is -2.16. The Balaban J connectivity index is 2.02. The van der Waals surface area contributed by atoms with E-state index >= 15 is 0 Å². The highest BCUT2D eigenvalue weighted by Gasteiger charge is 2.23. The number of thioether (sulfide) groups is 1. The molecule has 1 aromatic carbocycles. The minimum absolute atomic E-state index is 0.0479. The summed E-state index contributed by atoms with van der Waals surface area (Å²) in [4.78, 5) is 33.0. The van der Waals surface area contributed by atoms with Crippen LogP contribution in [-0.4, -0.2) is 34.3 Å². The SMILES string of the molecule is COCCn1c(SC(C)C(=O)c2cc(C)c(C)cc2C)nc2sc(C)c(C)c2c1=O. The third-order valence-corrected chi connectivity index (χ3v) is 7.72. The number of ether oxygens (including phenoxy) is 1. The Morgan fingerprint density at radius 3 is 2.50 bits per heavy atom. The molecular formula is C23H28N2O3S2. The average Bonchev–Trinajstić information content (AvgIpc) is 2.97. The quantitative estimate of drug-likeness (QED) is 0.291. The molecule has 30 heavy (non-hydrogen) atoms. The second kappa shape index (κ2) is 9.04. The summed E-state index contributed by atoms with van der Waals surface area (Å²) < 4.78 is 6.85. The molecule has 0 radical (unpaired) electrons. The van der Waals surface area contributed by atoms with E-state index < -0.39 is 0 Å². The van der Waals surface area contributed by atoms with E-state index in [1.165, 1.54) is 28.7 Å². The first-order chi connectivity index (χ1) is 14.1. The smallest absolute Gasteiger partial charge is 0.263 e. The van der Waals surface area contributed by atoms with Crippen molar-refractivity contribution in [3.8, 4) is 0 Å². The molecule has 0 N–H and O–H groups in total. The number of nitrogens with zero attached hydrogens (tertiary/aromatic N) is 2. The Hall–Kier alpha value is -1.96. The Kier molecular flexibility index (Phi) is 6.84. The van der Waals surface area contributed by atoms with E-state index in [1.54, 1.807) is 11.7 Å². The summed E-state index contributed by atoms with van der Waals surface area (Å²) in [5, 5.41) is 0.862. The molecule has 0 saturated carbocycles. The van der Waals surface area contributed by atoms with Crippen molar-refractivity contribution < 1.29 is 9.53 Å². The zero-order valence-electron chi connectivity index (χ0n) is 18.6. The van der Waals surface area contributed by atoms with Gasteiger partial charge in [0, 0.05) is 17.6 Å². The third-order valence-electron chi connectivity index (χ3n) is 5.53. The van der Waals surface area contributed by atoms with Crippen LogP contribution in [0.1, 0.15) is 44.4 Å². The van der Waals surface area contributed by atoms with E-state index in [9.17, 15) is 9.59 Å². The fourth-order valence-corrected chi connectivity index (χ4v) is 5.51. The van der Waals surface area contributed by atoms with Crippen LogP contribution in [0.5, 0.6) is 0 Å². The molecular weight excluding hydrogens is 416 g/mol. The van der Waals surface area contributed by atoms with E-state index in [-0.39, 0.29) is 16.6 Å². The molecule has 0 bridgehead atoms. The van der Waals surface area contributed by atoms with Crippen LogP contribution in [0, 0.1) is 34.6 Å². The molecule has 0 saturated heterocycles. The lowest BCUT2D eigenvalue weighted by Crippen LogP contribution is -2.26. The van der Waals surface area contributed by atoms with Crippen molar-refractivity contribution in [2.24, 2.45) is 0 Å². The molecule has 5 nitrogen and oxygen atoms in total. The molecule has 0 aliphatic carbocycles. The van der Waals surface area contributed by atoms with Crippen LogP contribution >= 0.6 is 23.1 Å². The number of carbonyl (C=O) groups is 1. The summed E-state index contributed by atoms with van der Waals surface area (Å²) >= 11 is 2.86. The fraction of sp³-hybridized carbons (Fsp3) is 0.435. The molecule has 2 aromatic heterocycles. The lowest BCUT2D eigenvalue weighted by molar-refractivity contribution is 0.0993. The number of hydrogen-bond acceptors (Lipinski definition) is 6. The number of aromatic nitrogens is 2. The average molecular weight is 445 g/mol. The van der Waals surface area contributed by atoms with Crippen LogP contribution in [0.4, 0.5) is 0 Å². The maximum Gasteiger partial charge on any atom is 0.263 e. The molecule has 0 fully saturated rings. The van der Waals surface area contributed by atoms with Gasteiger partial charge in [0.05, 0.1) is 23.8 Å². The second-order valence-corrected chi connectivity index (χ2v) is 10.2. The van der Waals surface area contributed by atoms with E-state index in [1.807, 2.05) is 47.6 Å². The molecule has 7 heteroatoms. The van der Waals surface area contributed by atoms with Crippen molar-refractivity contribution in [3.05, 3.63) is 55.2 Å². The molecule has 160 valence electrons. The molecule has 1 unspecified atom stereocenters. The Morgan fingerprint density at radius 2 is 1.83 bits per heavy atom. The van der Waals surface area contributed by atoms with Gasteiger partial charge in [-0.2, -0.15) is 0 Å². The monoisotopic (exact) mass is 444 g/mol. The van der Waals surface area contributed by atoms with Gasteiger partial charge in [-0.3, -0.25) is 14.2 Å². The third kappa shape index (κ3) is 4.24. The van der Waals surface area contributed by atoms with E-state index in [0.29, 0.717) is 23.7 Å². The van der Waals surface area contributed by atoms with E-state index in [4.69, 9.17) is 9.72 Å². The van der Waals surface area contributed by atoms with Gasteiger partial charge in [0.15, 0.2) is 10.9 Å². The van der Waals surface area contributed by atoms with Gasteiger partial charge in [-0.1, -0.05) is 17.8 Å². The minimum atomic E-state index is -0.369. The lowest BCUT2D eigenvalue weighted by atomic mass is 9.97. The van der Waals surface area contributed by atoms with Crippen molar-refractivity contribution in [2.45, 2.75) is 58.5 Å². The maximum absolute atomic E-state index is 13.2. The van der Waals surface area contributed by atoms with Gasteiger partial charge in [0.2, 0.25) is 0 Å². The van der Waals surface area contributed by atoms with Gasteiger partial charge in [0.1, 0.15) is 4.83 Å². The number of carbonyl (C=O) groups excluding carboxylic acids is 1. The number of fused-ring (bicyclic) bond motifs is 1. The van der Waals surface area contributed by atoms with Crippen LogP contribution in [0.3, 0.4) is 0 Å². The summed E-state index contributed by atoms with van der Waals surface area (Å²) in [5.41, 5.74) is 4.89. The predicted octanol–water partition coefficient (Wildman–Crippen LogP) is 5.01. The summed E-state index contributed by atoms with van der Waals surface area (Å²) in [7, 11) is 1.61. The second-order valence-electron chi connectivity index (χ2n) is 7.68. The largest absolute Gasteiger partial charge is 0.383 e. The summed E-state index contributed by atoms with van der Waals surface area (Å²) in [6.45, 7) is 12.7. The van der Waals surface area contributed by atoms with E-state index in [0.717, 1.165) is 32.0 Å². The number of Topliss-reactive ketones (excluding diaryl/α,β-unsaturated/α-hetero) is 1. The minimum Gasteiger partial charge on any atom is -0.383 e. The van der Waals surface area contributed by atoms with Gasteiger partial charge in [-0.25, -0.2) is 4.98 Å². The number of ketones is 1. The van der Waals surface area contributed by atoms with Crippen LogP contribution in [0.2, 0.25) is 0 Å². The first kappa shape index (κ1) is 22.7. The Labute approximate surface area is 185 Å². The van der Waals surface area contributed by atoms with Crippen molar-refractivity contribution in [2.75, 3.05) is 13.7 Å². The summed E-state index contributed by atoms with van der Waals surface area (Å²) in [6, 6.07) is 4.01. The van der Waals surface area contributed by atoms with Crippen LogP contribution in [-0.2, 0) is 11.3 Å². The Morgan fingerprint density at radius 1 is 1.17 bits per heavy atom. The maximum atomic E-state index is 13.2. The number of thiophene rings is 1. The van der Waals surface area contributed by atoms with Crippen molar-refractivity contribution in [1.82, 2.24) is 9.55 Å². The van der Waals surface area contributed by atoms with Gasteiger partial charge in [-0.05, 0) is 69.9 Å². The molecule has 0 spiro atoms. The van der Waals surface area contributed by atoms with Crippen molar-refractivity contribution in [1.29, 1.82) is 0 Å². The fourth-order valence-electron chi connectivity index (χ4n) is 3.44. The molecule has 0 aliphatic rings. The predicted molar refractivity (Wildman–Crippen MR) is 126 cm³/mol. The molecule has 0 aliphatic heterocycles. The number of rotatable bonds is 7. The highest BCUT2D eigenvalue weighted by Crippen LogP contribution is 2.31. The van der Waals surface area contributed by atoms with Crippen LogP contribution in [0.15, 0.2) is 22.1 Å². The Bertz CT molecular complexity index is 1180. The highest BCUT2D eigenvalue weighted by molar-refractivity contribution is 8.00. The number of hydrogen-bond donors (Lipinski definition) is 0. The van der Waals surface area contributed by atoms with Gasteiger partial charge in [-0.15, -0.1) is 11.3 Å². The standard InChI is InChI=1S/C23H28N2O3S2/c1-12-10-14(3)18(11-13(12)2)20(26)17(6)30-23-24-21-19(15(4)16(5)29-21)22(27)25(23)8-9-28-7/h10-11,17H,8-9H2,1-7H3. The number of aryl methyl sites for hydroxylation is 5. The first-order valence-corrected chi connectivity index (χ1v) is 11.6. The molecule has 0 amide bonds. The molecule has 3 rings (SSSR count). The first-order valence-electron chi connectivity index (χ1n) is 9.93. The molecule has 3 aromatic rings. The van der Waals surface area contributed by atoms with Gasteiger partial charge in [0.25, 0.3) is 5.56 Å². The van der Waals surface area contributed by atoms with Crippen LogP contribution < -0.4 is 5.56 Å². The molecule has 1 atom stereocenters. The summed E-state index contributed by atoms with van der Waals surface area (Å²) in [6.07, 6.45) is 0.